The zero-order valence-corrected chi connectivity index (χ0v) is 86.6. The largest absolute Gasteiger partial charge is 1.00 e. The predicted molar refractivity (Wildman–Crippen MR) is 538 cm³/mol. The van der Waals surface area contributed by atoms with Gasteiger partial charge in [0, 0.05) is 69.5 Å². The first-order valence-electron chi connectivity index (χ1n) is 44.0. The Hall–Kier alpha value is -11.7. The summed E-state index contributed by atoms with van der Waals surface area (Å²) >= 11 is 1.68. The Kier molecular flexibility index (Phi) is 30.7. The van der Waals surface area contributed by atoms with Gasteiger partial charge >= 0.3 is 35.3 Å². The van der Waals surface area contributed by atoms with E-state index in [2.05, 4.69) is 374 Å². The Morgan fingerprint density at radius 1 is 0.455 bits per heavy atom. The number of ether oxygens (including phenoxy) is 3. The topological polar surface area (TPSA) is 117 Å². The van der Waals surface area contributed by atoms with Crippen LogP contribution in [0.3, 0.4) is 0 Å². The maximum absolute atomic E-state index is 8.35. The van der Waals surface area contributed by atoms with E-state index in [1.165, 1.54) is 89.0 Å². The molecule has 21 rings (SSSR count). The van der Waals surface area contributed by atoms with Gasteiger partial charge < -0.3 is 57.3 Å². The third-order valence-electron chi connectivity index (χ3n) is 24.5. The first-order chi connectivity index (χ1) is 64.4. The Morgan fingerprint density at radius 3 is 1.19 bits per heavy atom. The number of aryl methyl sites for hydroxylation is 1. The summed E-state index contributed by atoms with van der Waals surface area (Å²) in [5.41, 5.74) is 25.2. The molecule has 0 spiro atoms. The van der Waals surface area contributed by atoms with Crippen molar-refractivity contribution in [3.63, 3.8) is 0 Å². The van der Waals surface area contributed by atoms with E-state index in [0.29, 0.717) is 23.4 Å². The van der Waals surface area contributed by atoms with Gasteiger partial charge in [-0.25, -0.2) is 29.1 Å². The molecule has 0 saturated carbocycles. The van der Waals surface area contributed by atoms with Crippen molar-refractivity contribution >= 4 is 53.9 Å². The number of halogens is 4. The molecule has 17 aromatic rings. The number of rotatable bonds is 15. The normalized spacial score (nSPS) is 13.4. The van der Waals surface area contributed by atoms with Gasteiger partial charge in [-0.15, -0.1) is 29.4 Å². The van der Waals surface area contributed by atoms with Crippen molar-refractivity contribution < 1.29 is 86.5 Å². The van der Waals surface area contributed by atoms with Gasteiger partial charge in [0.2, 0.25) is 24.0 Å². The second kappa shape index (κ2) is 42.5. The van der Waals surface area contributed by atoms with Crippen LogP contribution in [-0.4, -0.2) is 52.7 Å². The number of alkyl halides is 1. The Balaban J connectivity index is 0.000000155. The number of hydrogen-bond donors (Lipinski definition) is 0. The second-order valence-electron chi connectivity index (χ2n) is 35.7. The number of anilines is 1. The smallest absolute Gasteiger partial charge is 0 e. The monoisotopic (exact) mass is 2390 g/mol. The molecule has 0 bridgehead atoms. The summed E-state index contributed by atoms with van der Waals surface area (Å²) in [6.07, 6.45) is 15.6. The average Bonchev–Trinajstić information content (AvgIpc) is 1.55. The van der Waals surface area contributed by atoms with Crippen molar-refractivity contribution in [1.82, 2.24) is 34.0 Å². The quantitative estimate of drug-likeness (QED) is 0.0323. The summed E-state index contributed by atoms with van der Waals surface area (Å²) in [5.74, 6) is 3.79. The fraction of sp³-hybridized carbons (Fsp3) is 0.157. The van der Waals surface area contributed by atoms with E-state index in [1.807, 2.05) is 149 Å². The molecule has 5 aromatic heterocycles. The second-order valence-corrected chi connectivity index (χ2v) is 39.0. The number of fused-ring (bicyclic) bond motifs is 9. The molecule has 12 aromatic carbocycles. The fourth-order valence-electron chi connectivity index (χ4n) is 18.5. The van der Waals surface area contributed by atoms with Crippen molar-refractivity contribution in [3.8, 4) is 79.6 Å². The molecule has 4 aliphatic rings. The van der Waals surface area contributed by atoms with Gasteiger partial charge in [0.05, 0.1) is 52.4 Å². The summed E-state index contributed by atoms with van der Waals surface area (Å²) in [6, 6.07) is 124. The van der Waals surface area contributed by atoms with Crippen molar-refractivity contribution in [2.75, 3.05) is 16.9 Å². The van der Waals surface area contributed by atoms with Gasteiger partial charge in [0.15, 0.2) is 0 Å². The van der Waals surface area contributed by atoms with Crippen LogP contribution in [0.4, 0.5) is 5.69 Å². The minimum absolute atomic E-state index is 0. The average molecular weight is 2390 g/mol. The molecule has 0 N–H and O–H groups in total. The summed E-state index contributed by atoms with van der Waals surface area (Å²) in [4.78, 5) is 34.5. The van der Waals surface area contributed by atoms with Crippen molar-refractivity contribution in [3.05, 3.63) is 486 Å². The molecule has 0 atom stereocenters. The third-order valence-corrected chi connectivity index (χ3v) is 24.5. The number of carbonyl (C=O) groups excluding carboxylic acids is 1. The summed E-state index contributed by atoms with van der Waals surface area (Å²) in [7, 11) is 13.8. The van der Waals surface area contributed by atoms with Crippen LogP contribution in [0, 0.1) is 18.8 Å². The van der Waals surface area contributed by atoms with Crippen LogP contribution in [0.15, 0.2) is 383 Å². The fourth-order valence-corrected chi connectivity index (χ4v) is 18.5. The van der Waals surface area contributed by atoms with Gasteiger partial charge in [-0.3, -0.25) is 6.77 Å². The maximum atomic E-state index is 8.35. The van der Waals surface area contributed by atoms with Crippen LogP contribution in [0.5, 0.6) is 34.9 Å². The molecule has 134 heavy (non-hydrogen) atoms. The van der Waals surface area contributed by atoms with Crippen molar-refractivity contribution in [2.45, 2.75) is 94.8 Å². The Bertz CT molecular complexity index is 6870. The van der Waals surface area contributed by atoms with Crippen LogP contribution in [0.1, 0.15) is 148 Å². The van der Waals surface area contributed by atoms with Crippen molar-refractivity contribution in [1.29, 1.82) is 0 Å². The number of benzene rings is 12. The van der Waals surface area contributed by atoms with E-state index in [-0.39, 0.29) is 61.3 Å². The van der Waals surface area contributed by atoms with E-state index in [0.717, 1.165) is 63.5 Å². The molecular formula is C115H101Cl2I2N9O4Pt2-4. The van der Waals surface area contributed by atoms with Crippen LogP contribution < -0.4 is 47.7 Å². The SMILES string of the molecule is CC(C)(C)c1cc(Oc2cccc(-n3ccnc3)c2)nc(C2(c3ccccc3)c3ccccc3-c3ccccc32)c1.CI.CN1C=CN(c2[c-]c(Oc3cc(C(C)(C)C)cc(C4(c5[c-]cccc5)c5ccccc5-c5ccccc54)n3)ccc2)[CH-]1.C[n+]1ccn(-c2cccc(Oc3cc(C(C)(C)C)cc(C4(c5ccccc5)c5ccccc5-c5ccccc54)n3)c2)c1.[2H][C-]=O.[Cl][Pt][Cl].[I-].[Pt]. The molecule has 3 aliphatic carbocycles. The molecule has 682 valence electrons. The maximum Gasteiger partial charge on any atom is 0 e. The first kappa shape index (κ1) is 96.9. The summed E-state index contributed by atoms with van der Waals surface area (Å²) < 4.78 is 31.2. The number of hydrogen-bond acceptors (Lipinski definition) is 10. The van der Waals surface area contributed by atoms with E-state index >= 15 is 0 Å². The standard InChI is InChI=1S/C38H34N3O.C38H32N3O.C37H31N3O.CH3I.CHO.2ClH.HI.2Pt/c2*1-37(2,3)28-23-35(39-36(24-28)42-30-16-12-15-29(25-30)41-22-21-40(4)26-41)38(27-13-6-5-7-14-27)33-19-10-8-17-31(33)32-18-9-11-20-34(32)38;1-36(2,3)27-22-34(39-35(23-27)41-29-15-11-14-28(24-29)40-21-20-38-25-40)37(26-12-5-4-6-13-26)32-18-9-7-16-30(32)31-17-8-10-19-33(31)37;2*1-2;;;;;/h5-26H,1-4H3;5-13,15-24,26H,1-4H3;4-25H,1-3H3;1H3;1H;3*1H;;/q+1;-3;;;-1;;;;;+2/p-3/i;;;;1D;;;;;. The predicted octanol–water partition coefficient (Wildman–Crippen LogP) is 24.5. The molecule has 0 radical (unpaired) electrons. The van der Waals surface area contributed by atoms with E-state index < -0.39 is 32.7 Å². The molecule has 0 saturated heterocycles. The third kappa shape index (κ3) is 19.6. The minimum Gasteiger partial charge on any atom is -1.00 e. The van der Waals surface area contributed by atoms with Crippen LogP contribution >= 0.6 is 41.4 Å². The van der Waals surface area contributed by atoms with Crippen LogP contribution in [0.2, 0.25) is 0 Å². The molecule has 0 amide bonds. The number of imidazole rings is 2. The number of pyridine rings is 3. The van der Waals surface area contributed by atoms with Crippen LogP contribution in [0.25, 0.3) is 44.8 Å². The summed E-state index contributed by atoms with van der Waals surface area (Å²) in [6.45, 7) is 22.9. The Labute approximate surface area is 850 Å². The molecule has 19 heteroatoms. The van der Waals surface area contributed by atoms with Gasteiger partial charge in [-0.2, -0.15) is 44.4 Å². The van der Waals surface area contributed by atoms with Gasteiger partial charge in [-0.05, 0) is 178 Å². The molecule has 13 nitrogen and oxygen atoms in total. The van der Waals surface area contributed by atoms with E-state index in [9.17, 15) is 0 Å². The zero-order chi connectivity index (χ0) is 93.2. The molecule has 1 aliphatic heterocycles. The number of nitrogens with zero attached hydrogens (tertiary/aromatic N) is 9. The summed E-state index contributed by atoms with van der Waals surface area (Å²) in [5, 5.41) is 0. The van der Waals surface area contributed by atoms with E-state index in [4.69, 9.17) is 54.2 Å². The van der Waals surface area contributed by atoms with Crippen molar-refractivity contribution in [2.24, 2.45) is 7.05 Å². The van der Waals surface area contributed by atoms with Crippen LogP contribution in [-0.2, 0) is 81.9 Å². The Morgan fingerprint density at radius 2 is 0.828 bits per heavy atom. The van der Waals surface area contributed by atoms with Gasteiger partial charge in [0.25, 0.3) is 0 Å². The molecular weight excluding hydrogens is 2290 g/mol. The molecule has 6 heterocycles. The number of aromatic nitrogens is 7. The van der Waals surface area contributed by atoms with Gasteiger partial charge in [-0.1, -0.05) is 303 Å². The van der Waals surface area contributed by atoms with Gasteiger partial charge in [0.1, 0.15) is 29.6 Å². The molecule has 0 fully saturated rings. The van der Waals surface area contributed by atoms with E-state index in [1.54, 1.807) is 12.5 Å². The zero-order valence-electron chi connectivity index (χ0n) is 77.3. The molecule has 0 unspecified atom stereocenters. The minimum atomic E-state index is -0.654. The first-order valence-corrected chi connectivity index (χ1v) is 51.3.